The van der Waals surface area contributed by atoms with Gasteiger partial charge in [0.2, 0.25) is 11.7 Å². The summed E-state index contributed by atoms with van der Waals surface area (Å²) in [6, 6.07) is 3.70. The summed E-state index contributed by atoms with van der Waals surface area (Å²) in [5.74, 6) is -0.828. The summed E-state index contributed by atoms with van der Waals surface area (Å²) in [4.78, 5) is 34.7. The van der Waals surface area contributed by atoms with Gasteiger partial charge in [0.15, 0.2) is 11.3 Å². The molecule has 0 spiro atoms. The largest absolute Gasteiger partial charge is 0.462 e. The molecule has 2 N–H and O–H groups in total. The summed E-state index contributed by atoms with van der Waals surface area (Å²) < 4.78 is 11.0. The second kappa shape index (κ2) is 8.08. The zero-order valence-corrected chi connectivity index (χ0v) is 16.2. The number of ketones is 1. The Morgan fingerprint density at radius 1 is 1.52 bits per heavy atom. The van der Waals surface area contributed by atoms with Crippen LogP contribution in [0.4, 0.5) is 0 Å². The van der Waals surface area contributed by atoms with E-state index >= 15 is 0 Å². The zero-order valence-electron chi connectivity index (χ0n) is 16.2. The molecule has 0 aromatic carbocycles. The first kappa shape index (κ1) is 19.2. The van der Waals surface area contributed by atoms with Gasteiger partial charge in [-0.3, -0.25) is 4.79 Å². The summed E-state index contributed by atoms with van der Waals surface area (Å²) in [5.41, 5.74) is 1.35. The number of nitrogens with one attached hydrogen (secondary N) is 1. The predicted octanol–water partition coefficient (Wildman–Crippen LogP) is 1.98. The van der Waals surface area contributed by atoms with Crippen LogP contribution in [0.3, 0.4) is 0 Å². The molecule has 1 saturated heterocycles. The van der Waals surface area contributed by atoms with Crippen LogP contribution in [0.25, 0.3) is 17.1 Å². The van der Waals surface area contributed by atoms with E-state index in [4.69, 9.17) is 9.47 Å². The number of esters is 1. The molecule has 2 aliphatic heterocycles. The number of fused-ring (bicyclic) bond motifs is 1. The number of ether oxygens (including phenoxy) is 2. The van der Waals surface area contributed by atoms with Crippen molar-refractivity contribution < 1.29 is 24.2 Å². The number of hydrogen-bond donors (Lipinski definition) is 2. The van der Waals surface area contributed by atoms with Crippen LogP contribution in [0.5, 0.6) is 0 Å². The van der Waals surface area contributed by atoms with Crippen molar-refractivity contribution in [3.05, 3.63) is 47.3 Å². The number of aliphatic hydroxyl groups is 1. The Labute approximate surface area is 167 Å². The van der Waals surface area contributed by atoms with Crippen molar-refractivity contribution in [3.8, 4) is 0 Å². The molecular weight excluding hydrogens is 374 g/mol. The van der Waals surface area contributed by atoms with Gasteiger partial charge in [-0.2, -0.15) is 0 Å². The molecule has 0 radical (unpaired) electrons. The first-order valence-corrected chi connectivity index (χ1v) is 9.76. The Bertz CT molecular complexity index is 1010. The van der Waals surface area contributed by atoms with Gasteiger partial charge >= 0.3 is 5.97 Å². The lowest BCUT2D eigenvalue weighted by Gasteiger charge is -2.33. The van der Waals surface area contributed by atoms with Gasteiger partial charge in [0.25, 0.3) is 0 Å². The van der Waals surface area contributed by atoms with Gasteiger partial charge in [0.1, 0.15) is 5.65 Å². The Morgan fingerprint density at radius 3 is 3.17 bits per heavy atom. The number of aliphatic hydroxyl groups excluding tert-OH is 1. The van der Waals surface area contributed by atoms with Gasteiger partial charge in [-0.05, 0) is 43.9 Å². The van der Waals surface area contributed by atoms with Crippen molar-refractivity contribution >= 4 is 28.9 Å². The molecule has 1 atom stereocenters. The van der Waals surface area contributed by atoms with Crippen LogP contribution in [0.15, 0.2) is 41.7 Å². The number of aromatic amines is 1. The molecule has 4 rings (SSSR count). The molecule has 0 aliphatic carbocycles. The molecule has 2 aliphatic rings. The molecule has 29 heavy (non-hydrogen) atoms. The smallest absolute Gasteiger partial charge is 0.347 e. The highest BCUT2D eigenvalue weighted by Gasteiger charge is 2.40. The van der Waals surface area contributed by atoms with Crippen LogP contribution in [0, 0.1) is 5.92 Å². The highest BCUT2D eigenvalue weighted by molar-refractivity contribution is 6.26. The molecule has 8 nitrogen and oxygen atoms in total. The number of hydrogen-bond acceptors (Lipinski definition) is 7. The number of aromatic nitrogens is 2. The third-order valence-corrected chi connectivity index (χ3v) is 5.19. The maximum atomic E-state index is 13.0. The minimum atomic E-state index is -0.692. The standard InChI is InChI=1S/C21H23N3O5/c1-2-28-21(27)17-18(26)16(9-14-10-23-19-15(14)6-3-7-22-19)29-20(17)24-8-4-5-13(11-24)12-25/h3,6-7,9-10,13,25H,2,4-5,8,11-12H2,1H3,(H,22,23). The number of likely N-dealkylation sites (tertiary alicyclic amines) is 1. The maximum absolute atomic E-state index is 13.0. The lowest BCUT2D eigenvalue weighted by Crippen LogP contribution is -2.37. The molecule has 0 bridgehead atoms. The van der Waals surface area contributed by atoms with E-state index in [0.29, 0.717) is 18.7 Å². The number of pyridine rings is 1. The number of nitrogens with zero attached hydrogens (tertiary/aromatic N) is 2. The van der Waals surface area contributed by atoms with Gasteiger partial charge in [-0.15, -0.1) is 0 Å². The van der Waals surface area contributed by atoms with Crippen molar-refractivity contribution in [2.75, 3.05) is 26.3 Å². The van der Waals surface area contributed by atoms with E-state index in [-0.39, 0.29) is 36.3 Å². The zero-order chi connectivity index (χ0) is 20.4. The summed E-state index contributed by atoms with van der Waals surface area (Å²) in [7, 11) is 0. The molecular formula is C21H23N3O5. The van der Waals surface area contributed by atoms with E-state index < -0.39 is 11.8 Å². The van der Waals surface area contributed by atoms with E-state index in [1.165, 1.54) is 0 Å². The Balaban J connectivity index is 1.69. The number of carbonyl (C=O) groups excluding carboxylic acids is 2. The first-order valence-electron chi connectivity index (χ1n) is 9.76. The van der Waals surface area contributed by atoms with Gasteiger partial charge in [0, 0.05) is 43.0 Å². The first-order chi connectivity index (χ1) is 14.1. The molecule has 2 aromatic rings. The average Bonchev–Trinajstić information content (AvgIpc) is 3.30. The Hall–Kier alpha value is -3.13. The molecule has 1 fully saturated rings. The van der Waals surface area contributed by atoms with E-state index in [2.05, 4.69) is 9.97 Å². The van der Waals surface area contributed by atoms with Crippen LogP contribution in [-0.2, 0) is 19.1 Å². The quantitative estimate of drug-likeness (QED) is 0.452. The Morgan fingerprint density at radius 2 is 2.38 bits per heavy atom. The second-order valence-electron chi connectivity index (χ2n) is 7.12. The normalized spacial score (nSPS) is 21.2. The van der Waals surface area contributed by atoms with Crippen molar-refractivity contribution in [3.63, 3.8) is 0 Å². The van der Waals surface area contributed by atoms with Gasteiger partial charge in [0.05, 0.1) is 6.61 Å². The van der Waals surface area contributed by atoms with Crippen LogP contribution in [0.2, 0.25) is 0 Å². The average molecular weight is 397 g/mol. The van der Waals surface area contributed by atoms with E-state index in [0.717, 1.165) is 23.8 Å². The number of carbonyl (C=O) groups is 2. The third-order valence-electron chi connectivity index (χ3n) is 5.19. The van der Waals surface area contributed by atoms with Gasteiger partial charge < -0.3 is 24.5 Å². The van der Waals surface area contributed by atoms with Crippen molar-refractivity contribution in [2.45, 2.75) is 19.8 Å². The maximum Gasteiger partial charge on any atom is 0.347 e. The minimum Gasteiger partial charge on any atom is -0.462 e. The fourth-order valence-corrected chi connectivity index (χ4v) is 3.76. The lowest BCUT2D eigenvalue weighted by molar-refractivity contribution is -0.139. The predicted molar refractivity (Wildman–Crippen MR) is 105 cm³/mol. The fraction of sp³-hybridized carbons (Fsp3) is 0.381. The number of piperidine rings is 1. The van der Waals surface area contributed by atoms with Gasteiger partial charge in [-0.25, -0.2) is 9.78 Å². The summed E-state index contributed by atoms with van der Waals surface area (Å²) in [6.07, 6.45) is 6.78. The van der Waals surface area contributed by atoms with E-state index in [1.807, 2.05) is 17.0 Å². The topological polar surface area (TPSA) is 105 Å². The number of rotatable bonds is 5. The minimum absolute atomic E-state index is 0.0531. The van der Waals surface area contributed by atoms with E-state index in [9.17, 15) is 14.7 Å². The van der Waals surface area contributed by atoms with Crippen LogP contribution < -0.4 is 0 Å². The Kier molecular flexibility index (Phi) is 5.35. The molecule has 0 saturated carbocycles. The van der Waals surface area contributed by atoms with Crippen LogP contribution in [-0.4, -0.2) is 58.0 Å². The van der Waals surface area contributed by atoms with Crippen LogP contribution in [0.1, 0.15) is 25.3 Å². The molecule has 2 aromatic heterocycles. The summed E-state index contributed by atoms with van der Waals surface area (Å²) in [5, 5.41) is 10.4. The van der Waals surface area contributed by atoms with E-state index in [1.54, 1.807) is 25.4 Å². The third kappa shape index (κ3) is 3.63. The summed E-state index contributed by atoms with van der Waals surface area (Å²) in [6.45, 7) is 3.07. The highest BCUT2D eigenvalue weighted by Crippen LogP contribution is 2.33. The fourth-order valence-electron chi connectivity index (χ4n) is 3.76. The van der Waals surface area contributed by atoms with Crippen LogP contribution >= 0.6 is 0 Å². The van der Waals surface area contributed by atoms with Crippen molar-refractivity contribution in [1.82, 2.24) is 14.9 Å². The molecule has 152 valence electrons. The number of Topliss-reactive ketones (excluding diaryl/α,β-unsaturated/α-hetero) is 1. The van der Waals surface area contributed by atoms with Crippen molar-refractivity contribution in [1.29, 1.82) is 0 Å². The van der Waals surface area contributed by atoms with Crippen molar-refractivity contribution in [2.24, 2.45) is 5.92 Å². The molecule has 1 unspecified atom stereocenters. The monoisotopic (exact) mass is 397 g/mol. The molecule has 4 heterocycles. The second-order valence-corrected chi connectivity index (χ2v) is 7.12. The molecule has 8 heteroatoms. The molecule has 0 amide bonds. The van der Waals surface area contributed by atoms with Gasteiger partial charge in [-0.1, -0.05) is 0 Å². The number of H-pyrrole nitrogens is 1. The SMILES string of the molecule is CCOC(=O)C1=C(N2CCCC(CO)C2)OC(=Cc2c[nH]c3ncccc23)C1=O. The summed E-state index contributed by atoms with van der Waals surface area (Å²) >= 11 is 0. The highest BCUT2D eigenvalue weighted by atomic mass is 16.5. The number of allylic oxidation sites excluding steroid dienone is 1. The lowest BCUT2D eigenvalue weighted by atomic mass is 9.99.